The lowest BCUT2D eigenvalue weighted by Crippen LogP contribution is -1.87. The summed E-state index contributed by atoms with van der Waals surface area (Å²) >= 11 is 0. The van der Waals surface area contributed by atoms with Crippen LogP contribution in [0.25, 0.3) is 11.6 Å². The van der Waals surface area contributed by atoms with Gasteiger partial charge in [-0.05, 0) is 31.8 Å². The molecule has 16 heavy (non-hydrogen) atoms. The molecule has 1 atom stereocenters. The molecule has 0 saturated heterocycles. The zero-order chi connectivity index (χ0) is 11.5. The van der Waals surface area contributed by atoms with Crippen LogP contribution in [0.1, 0.15) is 29.9 Å². The molecule has 1 aliphatic rings. The molecule has 1 unspecified atom stereocenters. The molecule has 1 aromatic heterocycles. The maximum atomic E-state index is 5.42. The molecule has 1 aliphatic carbocycles. The Balaban J connectivity index is 2.38. The molecule has 1 heterocycles. The second kappa shape index (κ2) is 4.80. The van der Waals surface area contributed by atoms with E-state index in [1.165, 1.54) is 18.4 Å². The van der Waals surface area contributed by atoms with Gasteiger partial charge in [-0.2, -0.15) is 0 Å². The molecule has 0 aromatic carbocycles. The minimum absolute atomic E-state index is 0.644. The van der Waals surface area contributed by atoms with Crippen molar-refractivity contribution in [2.24, 2.45) is 5.92 Å². The van der Waals surface area contributed by atoms with Gasteiger partial charge >= 0.3 is 0 Å². The van der Waals surface area contributed by atoms with Crippen molar-refractivity contribution in [1.82, 2.24) is 5.16 Å². The summed E-state index contributed by atoms with van der Waals surface area (Å²) in [6.45, 7) is 5.76. The van der Waals surface area contributed by atoms with Gasteiger partial charge in [-0.25, -0.2) is 0 Å². The lowest BCUT2D eigenvalue weighted by Gasteiger charge is -2.00. The highest BCUT2D eigenvalue weighted by Gasteiger charge is 2.30. The minimum atomic E-state index is 0.644. The van der Waals surface area contributed by atoms with Gasteiger partial charge < -0.3 is 4.52 Å². The molecular formula is C13H16NOP. The first-order valence-corrected chi connectivity index (χ1v) is 6.12. The Bertz CT molecular complexity index is 452. The molecule has 84 valence electrons. The molecule has 0 amide bonds. The third-order valence-electron chi connectivity index (χ3n) is 2.82. The van der Waals surface area contributed by atoms with Gasteiger partial charge in [0.05, 0.1) is 0 Å². The zero-order valence-corrected chi connectivity index (χ0v) is 10.6. The van der Waals surface area contributed by atoms with Crippen molar-refractivity contribution < 1.29 is 4.52 Å². The summed E-state index contributed by atoms with van der Waals surface area (Å²) in [6.07, 6.45) is 8.37. The SMILES string of the molecule is C=Cc1noc(C(=CC=CP)C2CC2)c1C. The first-order chi connectivity index (χ1) is 7.77. The number of allylic oxidation sites excluding steroid dienone is 3. The second-order valence-corrected chi connectivity index (χ2v) is 4.39. The monoisotopic (exact) mass is 233 g/mol. The van der Waals surface area contributed by atoms with Gasteiger partial charge in [-0.3, -0.25) is 0 Å². The van der Waals surface area contributed by atoms with Crippen molar-refractivity contribution in [3.05, 3.63) is 41.6 Å². The largest absolute Gasteiger partial charge is 0.356 e. The Kier molecular flexibility index (Phi) is 3.40. The van der Waals surface area contributed by atoms with E-state index in [1.54, 1.807) is 6.08 Å². The van der Waals surface area contributed by atoms with Crippen LogP contribution in [0.2, 0.25) is 0 Å². The lowest BCUT2D eigenvalue weighted by molar-refractivity contribution is 0.406. The lowest BCUT2D eigenvalue weighted by atomic mass is 10.0. The van der Waals surface area contributed by atoms with Crippen molar-refractivity contribution in [3.8, 4) is 0 Å². The van der Waals surface area contributed by atoms with Gasteiger partial charge in [-0.15, -0.1) is 9.24 Å². The summed E-state index contributed by atoms with van der Waals surface area (Å²) in [6, 6.07) is 0. The Morgan fingerprint density at radius 3 is 2.81 bits per heavy atom. The third kappa shape index (κ3) is 2.17. The highest BCUT2D eigenvalue weighted by Crippen LogP contribution is 2.43. The van der Waals surface area contributed by atoms with Crippen LogP contribution < -0.4 is 0 Å². The standard InChI is InChI=1S/C13H16NOP/c1-3-12-9(2)13(15-14-12)11(5-4-8-16)10-6-7-10/h3-5,8,10H,1,6-7,16H2,2H3. The van der Waals surface area contributed by atoms with E-state index in [-0.39, 0.29) is 0 Å². The molecule has 0 aliphatic heterocycles. The van der Waals surface area contributed by atoms with E-state index in [0.717, 1.165) is 17.0 Å². The van der Waals surface area contributed by atoms with E-state index in [2.05, 4.69) is 27.1 Å². The number of aromatic nitrogens is 1. The molecule has 0 spiro atoms. The van der Waals surface area contributed by atoms with Gasteiger partial charge in [-0.1, -0.05) is 29.7 Å². The van der Waals surface area contributed by atoms with Crippen LogP contribution in [0.4, 0.5) is 0 Å². The zero-order valence-electron chi connectivity index (χ0n) is 9.44. The fourth-order valence-electron chi connectivity index (χ4n) is 1.76. The van der Waals surface area contributed by atoms with Crippen LogP contribution in [-0.2, 0) is 0 Å². The molecule has 1 aromatic rings. The fourth-order valence-corrected chi connectivity index (χ4v) is 1.87. The Morgan fingerprint density at radius 1 is 1.56 bits per heavy atom. The highest BCUT2D eigenvalue weighted by atomic mass is 31.0. The number of hydrogen-bond acceptors (Lipinski definition) is 2. The molecular weight excluding hydrogens is 217 g/mol. The van der Waals surface area contributed by atoms with Gasteiger partial charge in [0, 0.05) is 11.1 Å². The van der Waals surface area contributed by atoms with Gasteiger partial charge in [0.15, 0.2) is 5.76 Å². The quantitative estimate of drug-likeness (QED) is 0.583. The number of rotatable bonds is 4. The van der Waals surface area contributed by atoms with Crippen LogP contribution in [0.15, 0.2) is 29.1 Å². The fraction of sp³-hybridized carbons (Fsp3) is 0.308. The smallest absolute Gasteiger partial charge is 0.166 e. The van der Waals surface area contributed by atoms with Crippen LogP contribution in [-0.4, -0.2) is 5.16 Å². The average molecular weight is 233 g/mol. The summed E-state index contributed by atoms with van der Waals surface area (Å²) < 4.78 is 5.42. The first kappa shape index (κ1) is 11.3. The molecule has 1 saturated carbocycles. The third-order valence-corrected chi connectivity index (χ3v) is 3.04. The van der Waals surface area contributed by atoms with Gasteiger partial charge in [0.2, 0.25) is 0 Å². The summed E-state index contributed by atoms with van der Waals surface area (Å²) in [7, 11) is 2.57. The van der Waals surface area contributed by atoms with Crippen molar-refractivity contribution in [2.75, 3.05) is 0 Å². The number of hydrogen-bond donors (Lipinski definition) is 0. The Morgan fingerprint density at radius 2 is 2.31 bits per heavy atom. The minimum Gasteiger partial charge on any atom is -0.356 e. The van der Waals surface area contributed by atoms with E-state index in [0.29, 0.717) is 5.92 Å². The highest BCUT2D eigenvalue weighted by molar-refractivity contribution is 7.20. The summed E-state index contributed by atoms with van der Waals surface area (Å²) in [4.78, 5) is 0. The first-order valence-electron chi connectivity index (χ1n) is 5.45. The molecule has 2 nitrogen and oxygen atoms in total. The molecule has 0 N–H and O–H groups in total. The van der Waals surface area contributed by atoms with Crippen LogP contribution in [0.5, 0.6) is 0 Å². The average Bonchev–Trinajstić information content (AvgIpc) is 3.05. The van der Waals surface area contributed by atoms with E-state index in [9.17, 15) is 0 Å². The molecule has 3 heteroatoms. The van der Waals surface area contributed by atoms with Crippen molar-refractivity contribution in [2.45, 2.75) is 19.8 Å². The van der Waals surface area contributed by atoms with Crippen molar-refractivity contribution in [3.63, 3.8) is 0 Å². The second-order valence-electron chi connectivity index (χ2n) is 4.01. The predicted molar refractivity (Wildman–Crippen MR) is 70.9 cm³/mol. The summed E-state index contributed by atoms with van der Waals surface area (Å²) in [5.41, 5.74) is 3.19. The van der Waals surface area contributed by atoms with Crippen LogP contribution >= 0.6 is 9.24 Å². The van der Waals surface area contributed by atoms with E-state index in [4.69, 9.17) is 4.52 Å². The van der Waals surface area contributed by atoms with Crippen molar-refractivity contribution in [1.29, 1.82) is 0 Å². The molecule has 0 radical (unpaired) electrons. The van der Waals surface area contributed by atoms with E-state index in [1.807, 2.05) is 18.8 Å². The normalized spacial score (nSPS) is 17.0. The molecule has 1 fully saturated rings. The van der Waals surface area contributed by atoms with Gasteiger partial charge in [0.25, 0.3) is 0 Å². The molecule has 2 rings (SSSR count). The Hall–Kier alpha value is -1.14. The summed E-state index contributed by atoms with van der Waals surface area (Å²) in [5.74, 6) is 3.51. The van der Waals surface area contributed by atoms with E-state index >= 15 is 0 Å². The number of nitrogens with zero attached hydrogens (tertiary/aromatic N) is 1. The summed E-state index contributed by atoms with van der Waals surface area (Å²) in [5, 5.41) is 4.01. The van der Waals surface area contributed by atoms with Crippen molar-refractivity contribution >= 4 is 20.9 Å². The maximum absolute atomic E-state index is 5.42. The van der Waals surface area contributed by atoms with Crippen LogP contribution in [0, 0.1) is 12.8 Å². The van der Waals surface area contributed by atoms with Gasteiger partial charge in [0.1, 0.15) is 5.69 Å². The molecule has 0 bridgehead atoms. The van der Waals surface area contributed by atoms with E-state index < -0.39 is 0 Å². The maximum Gasteiger partial charge on any atom is 0.166 e. The van der Waals surface area contributed by atoms with Crippen LogP contribution in [0.3, 0.4) is 0 Å². The predicted octanol–water partition coefficient (Wildman–Crippen LogP) is 3.81. The topological polar surface area (TPSA) is 26.0 Å². The Labute approximate surface area is 98.3 Å².